The number of hydrogen-bond acceptors (Lipinski definition) is 2. The molecule has 0 amide bonds. The minimum Gasteiger partial charge on any atom is -0.380 e. The van der Waals surface area contributed by atoms with Gasteiger partial charge in [-0.3, -0.25) is 4.98 Å². The molecule has 1 aromatic carbocycles. The molecule has 0 spiro atoms. The second kappa shape index (κ2) is 3.95. The summed E-state index contributed by atoms with van der Waals surface area (Å²) >= 11 is 6.11. The first-order valence-electron chi connectivity index (χ1n) is 5.29. The molecule has 0 atom stereocenters. The van der Waals surface area contributed by atoms with E-state index >= 15 is 0 Å². The number of benzene rings is 1. The van der Waals surface area contributed by atoms with Gasteiger partial charge in [0.1, 0.15) is 0 Å². The minimum atomic E-state index is 0.0244. The molecule has 1 N–H and O–H groups in total. The molecule has 0 saturated heterocycles. The molecule has 84 valence electrons. The lowest BCUT2D eigenvalue weighted by molar-refractivity contribution is 0.635. The van der Waals surface area contributed by atoms with Gasteiger partial charge < -0.3 is 5.32 Å². The first-order chi connectivity index (χ1) is 7.47. The van der Waals surface area contributed by atoms with E-state index in [1.54, 1.807) is 6.20 Å². The molecular weight excluding hydrogens is 220 g/mol. The van der Waals surface area contributed by atoms with Crippen LogP contribution in [-0.2, 0) is 0 Å². The highest BCUT2D eigenvalue weighted by atomic mass is 35.5. The van der Waals surface area contributed by atoms with E-state index in [-0.39, 0.29) is 5.54 Å². The lowest BCUT2D eigenvalue weighted by Crippen LogP contribution is -2.26. The molecule has 2 aromatic rings. The summed E-state index contributed by atoms with van der Waals surface area (Å²) in [5.41, 5.74) is 1.94. The normalized spacial score (nSPS) is 11.8. The SMILES string of the molecule is CC(C)(C)Nc1ccc(Cl)c2ncccc12. The lowest BCUT2D eigenvalue weighted by atomic mass is 10.1. The Hall–Kier alpha value is -1.28. The highest BCUT2D eigenvalue weighted by Crippen LogP contribution is 2.29. The Bertz CT molecular complexity index is 515. The van der Waals surface area contributed by atoms with Gasteiger partial charge in [-0.25, -0.2) is 0 Å². The van der Waals surface area contributed by atoms with Crippen molar-refractivity contribution in [1.82, 2.24) is 4.98 Å². The van der Waals surface area contributed by atoms with Gasteiger partial charge in [-0.1, -0.05) is 11.6 Å². The van der Waals surface area contributed by atoms with Gasteiger partial charge in [-0.15, -0.1) is 0 Å². The quantitative estimate of drug-likeness (QED) is 0.804. The molecule has 3 heteroatoms. The second-order valence-electron chi connectivity index (χ2n) is 4.87. The van der Waals surface area contributed by atoms with Gasteiger partial charge in [-0.05, 0) is 45.0 Å². The molecule has 16 heavy (non-hydrogen) atoms. The predicted molar refractivity (Wildman–Crippen MR) is 70.1 cm³/mol. The predicted octanol–water partition coefficient (Wildman–Crippen LogP) is 4.10. The number of aromatic nitrogens is 1. The first-order valence-corrected chi connectivity index (χ1v) is 5.66. The Morgan fingerprint density at radius 1 is 1.19 bits per heavy atom. The molecule has 1 aromatic heterocycles. The average molecular weight is 235 g/mol. The Morgan fingerprint density at radius 3 is 2.62 bits per heavy atom. The highest BCUT2D eigenvalue weighted by Gasteiger charge is 2.12. The summed E-state index contributed by atoms with van der Waals surface area (Å²) in [5, 5.41) is 5.20. The maximum Gasteiger partial charge on any atom is 0.0908 e. The summed E-state index contributed by atoms with van der Waals surface area (Å²) in [4.78, 5) is 4.30. The number of nitrogens with zero attached hydrogens (tertiary/aromatic N) is 1. The van der Waals surface area contributed by atoms with Gasteiger partial charge in [-0.2, -0.15) is 0 Å². The van der Waals surface area contributed by atoms with Crippen molar-refractivity contribution in [3.63, 3.8) is 0 Å². The van der Waals surface area contributed by atoms with Crippen LogP contribution in [0, 0.1) is 0 Å². The van der Waals surface area contributed by atoms with E-state index in [1.165, 1.54) is 0 Å². The highest BCUT2D eigenvalue weighted by molar-refractivity contribution is 6.35. The summed E-state index contributed by atoms with van der Waals surface area (Å²) < 4.78 is 0. The van der Waals surface area contributed by atoms with Crippen molar-refractivity contribution in [2.75, 3.05) is 5.32 Å². The van der Waals surface area contributed by atoms with Gasteiger partial charge in [0, 0.05) is 22.8 Å². The monoisotopic (exact) mass is 234 g/mol. The first kappa shape index (κ1) is 11.2. The Labute approximate surface area is 101 Å². The number of nitrogens with one attached hydrogen (secondary N) is 1. The number of hydrogen-bond donors (Lipinski definition) is 1. The largest absolute Gasteiger partial charge is 0.380 e. The van der Waals surface area contributed by atoms with Crippen molar-refractivity contribution in [2.45, 2.75) is 26.3 Å². The van der Waals surface area contributed by atoms with Crippen molar-refractivity contribution in [3.8, 4) is 0 Å². The topological polar surface area (TPSA) is 24.9 Å². The van der Waals surface area contributed by atoms with Crippen molar-refractivity contribution in [2.24, 2.45) is 0 Å². The van der Waals surface area contributed by atoms with E-state index in [0.717, 1.165) is 16.6 Å². The number of pyridine rings is 1. The minimum absolute atomic E-state index is 0.0244. The van der Waals surface area contributed by atoms with Crippen LogP contribution >= 0.6 is 11.6 Å². The maximum atomic E-state index is 6.11. The third kappa shape index (κ3) is 2.27. The molecule has 0 unspecified atom stereocenters. The van der Waals surface area contributed by atoms with Crippen molar-refractivity contribution in [3.05, 3.63) is 35.5 Å². The van der Waals surface area contributed by atoms with E-state index in [2.05, 4.69) is 31.1 Å². The Balaban J connectivity index is 2.59. The van der Waals surface area contributed by atoms with Crippen molar-refractivity contribution in [1.29, 1.82) is 0 Å². The van der Waals surface area contributed by atoms with Gasteiger partial charge >= 0.3 is 0 Å². The molecule has 1 heterocycles. The third-order valence-electron chi connectivity index (χ3n) is 2.23. The molecular formula is C13H15ClN2. The summed E-state index contributed by atoms with van der Waals surface area (Å²) in [5.74, 6) is 0. The number of anilines is 1. The summed E-state index contributed by atoms with van der Waals surface area (Å²) in [6, 6.07) is 7.83. The molecule has 0 bridgehead atoms. The second-order valence-corrected chi connectivity index (χ2v) is 5.28. The van der Waals surface area contributed by atoms with Gasteiger partial charge in [0.2, 0.25) is 0 Å². The van der Waals surface area contributed by atoms with Crippen LogP contribution in [-0.4, -0.2) is 10.5 Å². The Kier molecular flexibility index (Phi) is 2.76. The summed E-state index contributed by atoms with van der Waals surface area (Å²) in [7, 11) is 0. The average Bonchev–Trinajstić information content (AvgIpc) is 2.21. The molecule has 0 saturated carbocycles. The number of halogens is 1. The van der Waals surface area contributed by atoms with Gasteiger partial charge in [0.25, 0.3) is 0 Å². The van der Waals surface area contributed by atoms with Crippen LogP contribution in [0.2, 0.25) is 5.02 Å². The molecule has 2 nitrogen and oxygen atoms in total. The zero-order valence-electron chi connectivity index (χ0n) is 9.71. The van der Waals surface area contributed by atoms with Crippen LogP contribution in [0.3, 0.4) is 0 Å². The number of fused-ring (bicyclic) bond motifs is 1. The lowest BCUT2D eigenvalue weighted by Gasteiger charge is -2.23. The molecule has 0 aliphatic carbocycles. The summed E-state index contributed by atoms with van der Waals surface area (Å²) in [6.07, 6.45) is 1.76. The molecule has 0 aliphatic heterocycles. The van der Waals surface area contributed by atoms with Crippen molar-refractivity contribution < 1.29 is 0 Å². The fourth-order valence-corrected chi connectivity index (χ4v) is 1.86. The smallest absolute Gasteiger partial charge is 0.0908 e. The zero-order chi connectivity index (χ0) is 11.8. The van der Waals surface area contributed by atoms with E-state index in [9.17, 15) is 0 Å². The van der Waals surface area contributed by atoms with Crippen molar-refractivity contribution >= 4 is 28.2 Å². The van der Waals surface area contributed by atoms with E-state index in [1.807, 2.05) is 24.3 Å². The zero-order valence-corrected chi connectivity index (χ0v) is 10.5. The molecule has 0 aliphatic rings. The summed E-state index contributed by atoms with van der Waals surface area (Å²) in [6.45, 7) is 6.39. The van der Waals surface area contributed by atoms with Gasteiger partial charge in [0.05, 0.1) is 10.5 Å². The molecule has 0 radical (unpaired) electrons. The fraction of sp³-hybridized carbons (Fsp3) is 0.308. The van der Waals surface area contributed by atoms with Crippen LogP contribution in [0.25, 0.3) is 10.9 Å². The van der Waals surface area contributed by atoms with Gasteiger partial charge in [0.15, 0.2) is 0 Å². The fourth-order valence-electron chi connectivity index (χ4n) is 1.65. The maximum absolute atomic E-state index is 6.11. The van der Waals surface area contributed by atoms with Crippen LogP contribution in [0.15, 0.2) is 30.5 Å². The van der Waals surface area contributed by atoms with E-state index in [0.29, 0.717) is 5.02 Å². The molecule has 2 rings (SSSR count). The van der Waals surface area contributed by atoms with Crippen LogP contribution in [0.5, 0.6) is 0 Å². The van der Waals surface area contributed by atoms with Crippen LogP contribution < -0.4 is 5.32 Å². The van der Waals surface area contributed by atoms with E-state index < -0.39 is 0 Å². The Morgan fingerprint density at radius 2 is 1.94 bits per heavy atom. The van der Waals surface area contributed by atoms with Crippen LogP contribution in [0.4, 0.5) is 5.69 Å². The molecule has 0 fully saturated rings. The van der Waals surface area contributed by atoms with Crippen LogP contribution in [0.1, 0.15) is 20.8 Å². The number of rotatable bonds is 1. The van der Waals surface area contributed by atoms with E-state index in [4.69, 9.17) is 11.6 Å². The standard InChI is InChI=1S/C13H15ClN2/c1-13(2,3)16-11-7-6-10(14)12-9(11)5-4-8-15-12/h4-8,16H,1-3H3. The third-order valence-corrected chi connectivity index (χ3v) is 2.54.